The van der Waals surface area contributed by atoms with E-state index in [2.05, 4.69) is 244 Å². The SMILES string of the molecule is CC1(C)c2ccccc2-c2c1cc(-c1c3ccccc3c(-c3ccc4c5c(c6ccccc6c4c3)-c3ccc4ccccc4c3C53c4ccccc4-c4ccccc43)c3ccccc13)c1ccccc21. The molecule has 0 unspecified atom stereocenters. The Hall–Kier alpha value is -8.58. The van der Waals surface area contributed by atoms with Crippen molar-refractivity contribution in [3.8, 4) is 55.6 Å². The molecule has 13 aromatic carbocycles. The molecule has 0 bridgehead atoms. The zero-order valence-corrected chi connectivity index (χ0v) is 38.9. The van der Waals surface area contributed by atoms with Gasteiger partial charge in [-0.25, -0.2) is 0 Å². The molecule has 0 heterocycles. The predicted octanol–water partition coefficient (Wildman–Crippen LogP) is 18.6. The highest BCUT2D eigenvalue weighted by Gasteiger charge is 2.53. The van der Waals surface area contributed by atoms with Crippen molar-refractivity contribution in [3.05, 3.63) is 264 Å². The number of fused-ring (bicyclic) bond motifs is 24. The number of benzene rings is 13. The van der Waals surface area contributed by atoms with Crippen molar-refractivity contribution < 1.29 is 0 Å². The van der Waals surface area contributed by atoms with Crippen LogP contribution in [0.3, 0.4) is 0 Å². The average molecular weight is 885 g/mol. The predicted molar refractivity (Wildman–Crippen MR) is 296 cm³/mol. The van der Waals surface area contributed by atoms with Gasteiger partial charge in [0.05, 0.1) is 5.41 Å². The quantitative estimate of drug-likeness (QED) is 0.120. The van der Waals surface area contributed by atoms with Gasteiger partial charge in [0.2, 0.25) is 0 Å². The van der Waals surface area contributed by atoms with Gasteiger partial charge in [0.15, 0.2) is 0 Å². The van der Waals surface area contributed by atoms with Crippen LogP contribution in [-0.2, 0) is 10.8 Å². The Bertz CT molecular complexity index is 4400. The first-order valence-electron chi connectivity index (χ1n) is 24.8. The fourth-order valence-electron chi connectivity index (χ4n) is 14.3. The van der Waals surface area contributed by atoms with Gasteiger partial charge in [-0.05, 0) is 166 Å². The largest absolute Gasteiger partial charge is 0.0737 e. The molecule has 3 aliphatic rings. The Balaban J connectivity index is 1.01. The van der Waals surface area contributed by atoms with Gasteiger partial charge in [-0.3, -0.25) is 0 Å². The summed E-state index contributed by atoms with van der Waals surface area (Å²) in [6, 6.07) is 88.0. The summed E-state index contributed by atoms with van der Waals surface area (Å²) >= 11 is 0. The van der Waals surface area contributed by atoms with E-state index in [1.807, 2.05) is 0 Å². The minimum atomic E-state index is -0.516. The van der Waals surface area contributed by atoms with E-state index in [9.17, 15) is 0 Å². The van der Waals surface area contributed by atoms with Crippen LogP contribution >= 0.6 is 0 Å². The number of hydrogen-bond acceptors (Lipinski definition) is 0. The molecule has 0 nitrogen and oxygen atoms in total. The lowest BCUT2D eigenvalue weighted by Crippen LogP contribution is -2.26. The first kappa shape index (κ1) is 38.4. The second-order valence-corrected chi connectivity index (χ2v) is 20.5. The normalized spacial score (nSPS) is 14.4. The van der Waals surface area contributed by atoms with Crippen molar-refractivity contribution in [1.82, 2.24) is 0 Å². The van der Waals surface area contributed by atoms with Gasteiger partial charge < -0.3 is 0 Å². The molecular formula is C70H44. The van der Waals surface area contributed by atoms with Gasteiger partial charge in [-0.15, -0.1) is 0 Å². The minimum Gasteiger partial charge on any atom is -0.0619 e. The van der Waals surface area contributed by atoms with Crippen LogP contribution in [0.15, 0.2) is 231 Å². The fraction of sp³-hybridized carbons (Fsp3) is 0.0571. The molecule has 0 saturated heterocycles. The molecule has 16 rings (SSSR count). The molecule has 0 saturated carbocycles. The monoisotopic (exact) mass is 884 g/mol. The van der Waals surface area contributed by atoms with Gasteiger partial charge in [-0.1, -0.05) is 232 Å². The molecule has 0 fully saturated rings. The van der Waals surface area contributed by atoms with Crippen LogP contribution in [0.5, 0.6) is 0 Å². The summed E-state index contributed by atoms with van der Waals surface area (Å²) in [5, 5.41) is 15.5. The van der Waals surface area contributed by atoms with Gasteiger partial charge >= 0.3 is 0 Å². The molecule has 324 valence electrons. The molecule has 0 atom stereocenters. The average Bonchev–Trinajstić information content (AvgIpc) is 3.99. The van der Waals surface area contributed by atoms with E-state index < -0.39 is 5.41 Å². The highest BCUT2D eigenvalue weighted by Crippen LogP contribution is 2.67. The van der Waals surface area contributed by atoms with E-state index >= 15 is 0 Å². The molecule has 0 aromatic heterocycles. The smallest absolute Gasteiger partial charge is 0.0619 e. The van der Waals surface area contributed by atoms with Gasteiger partial charge in [-0.2, -0.15) is 0 Å². The van der Waals surface area contributed by atoms with Crippen LogP contribution in [0.2, 0.25) is 0 Å². The minimum absolute atomic E-state index is 0.139. The van der Waals surface area contributed by atoms with E-state index in [0.29, 0.717) is 0 Å². The molecule has 0 radical (unpaired) electrons. The van der Waals surface area contributed by atoms with Crippen molar-refractivity contribution in [2.75, 3.05) is 0 Å². The summed E-state index contributed by atoms with van der Waals surface area (Å²) in [7, 11) is 0. The van der Waals surface area contributed by atoms with Crippen LogP contribution in [-0.4, -0.2) is 0 Å². The van der Waals surface area contributed by atoms with Crippen LogP contribution in [0.1, 0.15) is 47.2 Å². The van der Waals surface area contributed by atoms with Crippen molar-refractivity contribution in [2.45, 2.75) is 24.7 Å². The third-order valence-corrected chi connectivity index (χ3v) is 17.0. The van der Waals surface area contributed by atoms with Crippen LogP contribution < -0.4 is 0 Å². The lowest BCUT2D eigenvalue weighted by atomic mass is 9.68. The molecule has 0 amide bonds. The van der Waals surface area contributed by atoms with E-state index in [4.69, 9.17) is 0 Å². The fourth-order valence-corrected chi connectivity index (χ4v) is 14.3. The summed E-state index contributed by atoms with van der Waals surface area (Å²) in [5.41, 5.74) is 20.9. The molecule has 0 heteroatoms. The summed E-state index contributed by atoms with van der Waals surface area (Å²) in [6.07, 6.45) is 0. The Labute approximate surface area is 406 Å². The molecule has 70 heavy (non-hydrogen) atoms. The maximum atomic E-state index is 2.55. The highest BCUT2D eigenvalue weighted by atomic mass is 14.5. The first-order valence-corrected chi connectivity index (χ1v) is 24.8. The molecule has 0 aliphatic heterocycles. The highest BCUT2D eigenvalue weighted by molar-refractivity contribution is 6.27. The third kappa shape index (κ3) is 4.62. The Kier molecular flexibility index (Phi) is 7.44. The van der Waals surface area contributed by atoms with Crippen molar-refractivity contribution >= 4 is 64.6 Å². The summed E-state index contributed by atoms with van der Waals surface area (Å²) in [5.74, 6) is 0. The standard InChI is InChI=1S/C70H44/c1-69(2)59-32-16-15-31-55(59)65-48-25-7-6-22-45(48)58(40-62(65)69)64-52-29-11-9-27-50(52)63(51-28-10-12-30-53(51)64)42-36-37-54-57(39-42)44-21-5-8-26-49(44)66-56-38-35-41-19-3-4-20-43(41)67(56)70(68(54)66)60-33-17-13-23-46(60)47-24-14-18-34-61(47)70/h3-40H,1-2H3. The topological polar surface area (TPSA) is 0 Å². The van der Waals surface area contributed by atoms with Gasteiger partial charge in [0, 0.05) is 5.41 Å². The second-order valence-electron chi connectivity index (χ2n) is 20.5. The van der Waals surface area contributed by atoms with Crippen LogP contribution in [0.4, 0.5) is 0 Å². The molecular weight excluding hydrogens is 841 g/mol. The zero-order chi connectivity index (χ0) is 46.0. The third-order valence-electron chi connectivity index (χ3n) is 17.0. The maximum Gasteiger partial charge on any atom is 0.0737 e. The number of rotatable bonds is 2. The maximum absolute atomic E-state index is 2.55. The van der Waals surface area contributed by atoms with Crippen molar-refractivity contribution in [2.24, 2.45) is 0 Å². The van der Waals surface area contributed by atoms with Gasteiger partial charge in [0.25, 0.3) is 0 Å². The van der Waals surface area contributed by atoms with Crippen molar-refractivity contribution in [1.29, 1.82) is 0 Å². The molecule has 0 N–H and O–H groups in total. The van der Waals surface area contributed by atoms with E-state index in [0.717, 1.165) is 0 Å². The van der Waals surface area contributed by atoms with E-state index in [-0.39, 0.29) is 5.41 Å². The molecule has 1 spiro atoms. The first-order chi connectivity index (χ1) is 34.5. The lowest BCUT2D eigenvalue weighted by molar-refractivity contribution is 0.661. The van der Waals surface area contributed by atoms with Crippen molar-refractivity contribution in [3.63, 3.8) is 0 Å². The number of hydrogen-bond donors (Lipinski definition) is 0. The van der Waals surface area contributed by atoms with E-state index in [1.165, 1.54) is 154 Å². The Morgan fingerprint density at radius 1 is 0.243 bits per heavy atom. The second kappa shape index (κ2) is 13.6. The Morgan fingerprint density at radius 2 is 0.729 bits per heavy atom. The van der Waals surface area contributed by atoms with Crippen LogP contribution in [0.25, 0.3) is 120 Å². The summed E-state index contributed by atoms with van der Waals surface area (Å²) in [6.45, 7) is 4.81. The Morgan fingerprint density at radius 3 is 1.37 bits per heavy atom. The summed E-state index contributed by atoms with van der Waals surface area (Å²) < 4.78 is 0. The zero-order valence-electron chi connectivity index (χ0n) is 38.9. The van der Waals surface area contributed by atoms with Gasteiger partial charge in [0.1, 0.15) is 0 Å². The molecule has 13 aromatic rings. The van der Waals surface area contributed by atoms with E-state index in [1.54, 1.807) is 0 Å². The molecule has 3 aliphatic carbocycles. The summed E-state index contributed by atoms with van der Waals surface area (Å²) in [4.78, 5) is 0. The lowest BCUT2D eigenvalue weighted by Gasteiger charge is -2.32. The van der Waals surface area contributed by atoms with Crippen LogP contribution in [0, 0.1) is 0 Å².